The minimum absolute atomic E-state index is 0.0646. The van der Waals surface area contributed by atoms with Crippen molar-refractivity contribution in [2.24, 2.45) is 0 Å². The van der Waals surface area contributed by atoms with E-state index in [0.717, 1.165) is 29.0 Å². The topological polar surface area (TPSA) is 147 Å². The van der Waals surface area contributed by atoms with Crippen LogP contribution in [0.2, 0.25) is 0 Å². The Kier molecular flexibility index (Phi) is 13.3. The van der Waals surface area contributed by atoms with E-state index >= 15 is 0 Å². The second kappa shape index (κ2) is 18.9. The van der Waals surface area contributed by atoms with E-state index in [9.17, 15) is 32.6 Å². The molecule has 276 valence electrons. The van der Waals surface area contributed by atoms with Crippen LogP contribution >= 0.6 is 0 Å². The maximum atomic E-state index is 14.5. The largest absolute Gasteiger partial charge is 0.506 e. The van der Waals surface area contributed by atoms with Crippen molar-refractivity contribution in [2.45, 2.75) is 6.04 Å². The van der Waals surface area contributed by atoms with Crippen molar-refractivity contribution in [3.05, 3.63) is 192 Å². The number of hydrogen-bond donors (Lipinski definition) is 4. The Labute approximate surface area is 312 Å². The number of hydrogen-bond acceptors (Lipinski definition) is 9. The van der Waals surface area contributed by atoms with E-state index in [0.29, 0.717) is 40.6 Å². The fraction of sp³-hybridized carbons (Fsp3) is 0.0238. The molecule has 4 heterocycles. The van der Waals surface area contributed by atoms with Gasteiger partial charge in [0.05, 0.1) is 11.6 Å². The molecule has 8 aromatic rings. The Balaban J connectivity index is 0.000000168. The van der Waals surface area contributed by atoms with Crippen molar-refractivity contribution in [1.29, 1.82) is 0 Å². The lowest BCUT2D eigenvalue weighted by atomic mass is 9.95. The number of phenols is 2. The molecule has 13 heteroatoms. The summed E-state index contributed by atoms with van der Waals surface area (Å²) in [5, 5.41) is 24.9. The highest BCUT2D eigenvalue weighted by Gasteiger charge is 2.23. The number of carbonyl (C=O) groups excluding carboxylic acids is 1. The summed E-state index contributed by atoms with van der Waals surface area (Å²) in [6.07, 6.45) is 6.85. The predicted octanol–water partition coefficient (Wildman–Crippen LogP) is 9.20. The number of anilines is 2. The van der Waals surface area contributed by atoms with Gasteiger partial charge in [-0.25, -0.2) is 27.5 Å². The molecule has 1 atom stereocenters. The molecule has 0 saturated carbocycles. The van der Waals surface area contributed by atoms with Crippen molar-refractivity contribution >= 4 is 39.7 Å². The molecule has 0 aliphatic carbocycles. The van der Waals surface area contributed by atoms with Gasteiger partial charge in [0, 0.05) is 58.8 Å². The third kappa shape index (κ3) is 10.6. The minimum atomic E-state index is -0.824. The van der Waals surface area contributed by atoms with Gasteiger partial charge in [0.25, 0.3) is 0 Å². The van der Waals surface area contributed by atoms with Crippen LogP contribution in [0.3, 0.4) is 0 Å². The van der Waals surface area contributed by atoms with Gasteiger partial charge in [0.2, 0.25) is 0 Å². The number of nitrogens with zero attached hydrogens (tertiary/aromatic N) is 4. The number of para-hydroxylation sites is 1. The molecular weight excluding hydrogens is 712 g/mol. The van der Waals surface area contributed by atoms with Crippen LogP contribution in [0.15, 0.2) is 152 Å². The first-order chi connectivity index (χ1) is 26.6. The number of aromatic hydroxyl groups is 2. The van der Waals surface area contributed by atoms with Crippen LogP contribution in [-0.2, 0) is 0 Å². The summed E-state index contributed by atoms with van der Waals surface area (Å²) in [5.74, 6) is -1.65. The normalized spacial score (nSPS) is 10.8. The molecule has 0 amide bonds. The van der Waals surface area contributed by atoms with Crippen molar-refractivity contribution < 1.29 is 32.6 Å². The van der Waals surface area contributed by atoms with Crippen molar-refractivity contribution in [3.8, 4) is 11.5 Å². The fourth-order valence-electron chi connectivity index (χ4n) is 5.09. The van der Waals surface area contributed by atoms with Gasteiger partial charge < -0.3 is 21.3 Å². The first-order valence-corrected chi connectivity index (χ1v) is 16.4. The highest BCUT2D eigenvalue weighted by Crippen LogP contribution is 2.37. The Morgan fingerprint density at radius 1 is 0.582 bits per heavy atom. The van der Waals surface area contributed by atoms with Crippen molar-refractivity contribution in [2.75, 3.05) is 11.1 Å². The van der Waals surface area contributed by atoms with Crippen molar-refractivity contribution in [3.63, 3.8) is 0 Å². The maximum absolute atomic E-state index is 14.5. The summed E-state index contributed by atoms with van der Waals surface area (Å²) >= 11 is 0. The molecule has 5 N–H and O–H groups in total. The molecule has 0 fully saturated rings. The highest BCUT2D eigenvalue weighted by atomic mass is 19.1. The summed E-state index contributed by atoms with van der Waals surface area (Å²) in [5.41, 5.74) is 6.79. The average molecular weight is 745 g/mol. The average Bonchev–Trinajstić information content (AvgIpc) is 3.19. The van der Waals surface area contributed by atoms with E-state index in [-0.39, 0.29) is 22.6 Å². The van der Waals surface area contributed by atoms with Crippen LogP contribution < -0.4 is 11.1 Å². The fourth-order valence-corrected chi connectivity index (χ4v) is 5.09. The second-order valence-electron chi connectivity index (χ2n) is 11.4. The number of phenolic OH excluding ortho intramolecular Hbond substituents is 2. The molecule has 9 nitrogen and oxygen atoms in total. The Morgan fingerprint density at radius 3 is 1.76 bits per heavy atom. The van der Waals surface area contributed by atoms with E-state index < -0.39 is 29.3 Å². The zero-order chi connectivity index (χ0) is 39.2. The van der Waals surface area contributed by atoms with Crippen LogP contribution in [-0.4, -0.2) is 36.4 Å². The van der Waals surface area contributed by atoms with Gasteiger partial charge in [-0.15, -0.1) is 0 Å². The zero-order valence-electron chi connectivity index (χ0n) is 28.8. The lowest BCUT2D eigenvalue weighted by Gasteiger charge is -2.22. The summed E-state index contributed by atoms with van der Waals surface area (Å²) in [7, 11) is 0. The van der Waals surface area contributed by atoms with Gasteiger partial charge in [-0.1, -0.05) is 54.6 Å². The summed E-state index contributed by atoms with van der Waals surface area (Å²) in [6.45, 7) is 0. The van der Waals surface area contributed by atoms with Gasteiger partial charge >= 0.3 is 0 Å². The number of nitrogens with one attached hydrogen (secondary N) is 1. The molecule has 4 aromatic carbocycles. The number of rotatable bonds is 5. The van der Waals surface area contributed by atoms with Crippen LogP contribution in [0.5, 0.6) is 11.5 Å². The first kappa shape index (κ1) is 38.8. The molecule has 0 radical (unpaired) electrons. The third-order valence-corrected chi connectivity index (χ3v) is 7.71. The van der Waals surface area contributed by atoms with E-state index in [1.165, 1.54) is 12.1 Å². The van der Waals surface area contributed by atoms with Crippen LogP contribution in [0.4, 0.5) is 29.2 Å². The number of fused-ring (bicyclic) bond motifs is 2. The van der Waals surface area contributed by atoms with Crippen LogP contribution in [0.1, 0.15) is 27.5 Å². The van der Waals surface area contributed by atoms with E-state index in [4.69, 9.17) is 5.73 Å². The molecule has 0 spiro atoms. The molecule has 0 saturated heterocycles. The molecule has 0 aliphatic heterocycles. The molecule has 8 rings (SSSR count). The summed E-state index contributed by atoms with van der Waals surface area (Å²) in [6, 6.07) is 32.3. The predicted molar refractivity (Wildman–Crippen MR) is 203 cm³/mol. The number of aldehydes is 1. The van der Waals surface area contributed by atoms with Crippen molar-refractivity contribution in [1.82, 2.24) is 19.9 Å². The Morgan fingerprint density at radius 2 is 1.18 bits per heavy atom. The molecule has 0 bridgehead atoms. The minimum Gasteiger partial charge on any atom is -0.506 e. The van der Waals surface area contributed by atoms with Crippen LogP contribution in [0, 0.1) is 23.3 Å². The van der Waals surface area contributed by atoms with E-state index in [2.05, 4.69) is 25.3 Å². The first-order valence-electron chi connectivity index (χ1n) is 16.4. The summed E-state index contributed by atoms with van der Waals surface area (Å²) in [4.78, 5) is 26.2. The zero-order valence-corrected chi connectivity index (χ0v) is 28.8. The van der Waals surface area contributed by atoms with Gasteiger partial charge in [-0.3, -0.25) is 14.8 Å². The number of halogens is 4. The Hall–Kier alpha value is -7.41. The molecule has 0 aliphatic rings. The Bertz CT molecular complexity index is 2490. The SMILES string of the molecule is Nc1ccccn1.O=Cc1ccc(F)cc1F.Oc1c(C(Nc2ccccn2)c2ccc(F)cc2F)ccc2cccnc12.Oc1cccc2cccnc12. The lowest BCUT2D eigenvalue weighted by Crippen LogP contribution is -2.15. The quantitative estimate of drug-likeness (QED) is 0.100. The van der Waals surface area contributed by atoms with Gasteiger partial charge in [0.1, 0.15) is 57.4 Å². The molecular formula is C42H32F4N6O3. The number of carbonyl (C=O) groups is 1. The number of aromatic nitrogens is 4. The van der Waals surface area contributed by atoms with E-state index in [1.54, 1.807) is 79.4 Å². The standard InChI is InChI=1S/C21H15F2N3O.C9H7NO.C7H4F2O.C5H6N2/c22-14-7-9-15(17(23)12-14)20(26-18-5-1-2-10-24-18)16-8-6-13-4-3-11-25-19(13)21(16)27;11-8-5-1-3-7-4-2-6-10-9(7)8;8-6-2-1-5(4-10)7(9)3-6;6-5-3-1-2-4-7-5/h1-12,20,27H,(H,24,26);1-6,11H;1-4H;1-4H,(H2,6,7). The number of pyridine rings is 4. The molecule has 4 aromatic heterocycles. The molecule has 55 heavy (non-hydrogen) atoms. The van der Waals surface area contributed by atoms with E-state index in [1.807, 2.05) is 36.4 Å². The summed E-state index contributed by atoms with van der Waals surface area (Å²) < 4.78 is 52.4. The monoisotopic (exact) mass is 744 g/mol. The number of benzene rings is 4. The lowest BCUT2D eigenvalue weighted by molar-refractivity contribution is 0.111. The van der Waals surface area contributed by atoms with Gasteiger partial charge in [-0.05, 0) is 60.7 Å². The van der Waals surface area contributed by atoms with Gasteiger partial charge in [0.15, 0.2) is 6.29 Å². The number of nitrogen functional groups attached to an aromatic ring is 1. The van der Waals surface area contributed by atoms with Crippen LogP contribution in [0.25, 0.3) is 21.8 Å². The third-order valence-electron chi connectivity index (χ3n) is 7.71. The smallest absolute Gasteiger partial charge is 0.152 e. The van der Waals surface area contributed by atoms with Gasteiger partial charge in [-0.2, -0.15) is 0 Å². The maximum Gasteiger partial charge on any atom is 0.152 e. The molecule has 1 unspecified atom stereocenters. The highest BCUT2D eigenvalue weighted by molar-refractivity contribution is 5.86. The second-order valence-corrected chi connectivity index (χ2v) is 11.4. The number of nitrogens with two attached hydrogens (primary N) is 1.